The number of anilines is 1. The first-order chi connectivity index (χ1) is 11.3. The molecular weight excluding hydrogens is 402 g/mol. The Morgan fingerprint density at radius 2 is 2.04 bits per heavy atom. The fourth-order valence-corrected chi connectivity index (χ4v) is 3.72. The van der Waals surface area contributed by atoms with Gasteiger partial charge in [0.1, 0.15) is 0 Å². The van der Waals surface area contributed by atoms with E-state index >= 15 is 0 Å². The standard InChI is InChI=1S/C19H22BrN3O.ClH/c1-12-5-6-13(8-16(12)20)18(24)22-15-7-14-10-23(4)11-19(2,3)17(14)21-9-15;/h5-9H,10-11H2,1-4H3,(H,22,24);1H. The maximum atomic E-state index is 12.5. The molecule has 0 fully saturated rings. The van der Waals surface area contributed by atoms with E-state index in [2.05, 4.69) is 52.0 Å². The summed E-state index contributed by atoms with van der Waals surface area (Å²) in [5.74, 6) is -0.124. The summed E-state index contributed by atoms with van der Waals surface area (Å²) in [4.78, 5) is 19.4. The number of amides is 1. The first-order valence-electron chi connectivity index (χ1n) is 8.02. The molecule has 1 aromatic carbocycles. The third-order valence-electron chi connectivity index (χ3n) is 4.41. The number of aromatic nitrogens is 1. The molecule has 2 heterocycles. The van der Waals surface area contributed by atoms with Crippen molar-refractivity contribution >= 4 is 39.9 Å². The molecule has 0 aliphatic carbocycles. The zero-order valence-corrected chi connectivity index (χ0v) is 17.3. The summed E-state index contributed by atoms with van der Waals surface area (Å²) in [5, 5.41) is 2.96. The van der Waals surface area contributed by atoms with Crippen molar-refractivity contribution in [1.29, 1.82) is 0 Å². The third-order valence-corrected chi connectivity index (χ3v) is 5.26. The van der Waals surface area contributed by atoms with Crippen LogP contribution in [0, 0.1) is 6.92 Å². The number of nitrogens with one attached hydrogen (secondary N) is 1. The van der Waals surface area contributed by atoms with Crippen molar-refractivity contribution in [2.24, 2.45) is 0 Å². The fraction of sp³-hybridized carbons (Fsp3) is 0.368. The number of benzene rings is 1. The summed E-state index contributed by atoms with van der Waals surface area (Å²) in [6, 6.07) is 7.65. The lowest BCUT2D eigenvalue weighted by atomic mass is 9.82. The van der Waals surface area contributed by atoms with Gasteiger partial charge in [-0.2, -0.15) is 0 Å². The largest absolute Gasteiger partial charge is 0.321 e. The molecule has 0 bridgehead atoms. The Bertz CT molecular complexity index is 807. The summed E-state index contributed by atoms with van der Waals surface area (Å²) >= 11 is 3.47. The van der Waals surface area contributed by atoms with Crippen LogP contribution in [-0.2, 0) is 12.0 Å². The molecule has 6 heteroatoms. The second kappa shape index (κ2) is 7.44. The minimum Gasteiger partial charge on any atom is -0.321 e. The predicted molar refractivity (Wildman–Crippen MR) is 108 cm³/mol. The molecule has 0 saturated heterocycles. The van der Waals surface area contributed by atoms with Crippen molar-refractivity contribution in [3.8, 4) is 0 Å². The average molecular weight is 425 g/mol. The smallest absolute Gasteiger partial charge is 0.255 e. The number of aryl methyl sites for hydroxylation is 1. The van der Waals surface area contributed by atoms with Gasteiger partial charge in [-0.25, -0.2) is 0 Å². The highest BCUT2D eigenvalue weighted by atomic mass is 79.9. The van der Waals surface area contributed by atoms with Gasteiger partial charge < -0.3 is 10.2 Å². The van der Waals surface area contributed by atoms with Gasteiger partial charge in [0, 0.05) is 28.5 Å². The zero-order valence-electron chi connectivity index (χ0n) is 14.9. The van der Waals surface area contributed by atoms with Crippen molar-refractivity contribution in [2.45, 2.75) is 32.7 Å². The van der Waals surface area contributed by atoms with Crippen LogP contribution in [0.15, 0.2) is 34.9 Å². The number of fused-ring (bicyclic) bond motifs is 1. The second-order valence-electron chi connectivity index (χ2n) is 7.21. The number of carbonyl (C=O) groups excluding carboxylic acids is 1. The molecule has 1 aromatic heterocycles. The fourth-order valence-electron chi connectivity index (χ4n) is 3.34. The monoisotopic (exact) mass is 423 g/mol. The first-order valence-corrected chi connectivity index (χ1v) is 8.81. The molecule has 25 heavy (non-hydrogen) atoms. The van der Waals surface area contributed by atoms with Gasteiger partial charge >= 0.3 is 0 Å². The number of halogens is 2. The predicted octanol–water partition coefficient (Wildman–Crippen LogP) is 4.55. The molecule has 4 nitrogen and oxygen atoms in total. The third kappa shape index (κ3) is 4.22. The molecule has 0 spiro atoms. The second-order valence-corrected chi connectivity index (χ2v) is 8.06. The normalized spacial score (nSPS) is 15.9. The number of hydrogen-bond acceptors (Lipinski definition) is 3. The molecule has 1 amide bonds. The van der Waals surface area contributed by atoms with Crippen LogP contribution in [0.2, 0.25) is 0 Å². The van der Waals surface area contributed by atoms with E-state index in [1.54, 1.807) is 6.20 Å². The van der Waals surface area contributed by atoms with Crippen LogP contribution in [0.5, 0.6) is 0 Å². The van der Waals surface area contributed by atoms with Gasteiger partial charge in [-0.3, -0.25) is 9.78 Å². The molecule has 0 atom stereocenters. The van der Waals surface area contributed by atoms with Gasteiger partial charge in [0.05, 0.1) is 17.6 Å². The Morgan fingerprint density at radius 3 is 2.72 bits per heavy atom. The van der Waals surface area contributed by atoms with Crippen molar-refractivity contribution in [3.63, 3.8) is 0 Å². The maximum Gasteiger partial charge on any atom is 0.255 e. The summed E-state index contributed by atoms with van der Waals surface area (Å²) in [5.41, 5.74) is 4.79. The molecule has 1 N–H and O–H groups in total. The molecule has 2 aromatic rings. The lowest BCUT2D eigenvalue weighted by Crippen LogP contribution is -2.40. The van der Waals surface area contributed by atoms with Crippen LogP contribution in [0.25, 0.3) is 0 Å². The Hall–Kier alpha value is -1.43. The number of rotatable bonds is 2. The molecular formula is C19H23BrClN3O. The lowest BCUT2D eigenvalue weighted by Gasteiger charge is -2.37. The molecule has 0 saturated carbocycles. The molecule has 0 radical (unpaired) electrons. The van der Waals surface area contributed by atoms with Crippen molar-refractivity contribution < 1.29 is 4.79 Å². The number of carbonyl (C=O) groups is 1. The summed E-state index contributed by atoms with van der Waals surface area (Å²) in [6.07, 6.45) is 1.76. The molecule has 134 valence electrons. The summed E-state index contributed by atoms with van der Waals surface area (Å²) < 4.78 is 0.932. The van der Waals surface area contributed by atoms with Gasteiger partial charge in [-0.1, -0.05) is 35.8 Å². The van der Waals surface area contributed by atoms with Gasteiger partial charge in [0.15, 0.2) is 0 Å². The number of nitrogens with zero attached hydrogens (tertiary/aromatic N) is 2. The summed E-state index contributed by atoms with van der Waals surface area (Å²) in [6.45, 7) is 8.24. The SMILES string of the molecule is Cc1ccc(C(=O)Nc2cnc3c(c2)CN(C)CC3(C)C)cc1Br.Cl. The first kappa shape index (κ1) is 19.9. The van der Waals surface area contributed by atoms with Crippen molar-refractivity contribution in [3.05, 3.63) is 57.3 Å². The molecule has 0 unspecified atom stereocenters. The Labute approximate surface area is 163 Å². The van der Waals surface area contributed by atoms with Crippen LogP contribution < -0.4 is 5.32 Å². The summed E-state index contributed by atoms with van der Waals surface area (Å²) in [7, 11) is 2.11. The quantitative estimate of drug-likeness (QED) is 0.769. The van der Waals surface area contributed by atoms with E-state index in [9.17, 15) is 4.79 Å². The van der Waals surface area contributed by atoms with Crippen molar-refractivity contribution in [2.75, 3.05) is 18.9 Å². The van der Waals surface area contributed by atoms with Crippen LogP contribution >= 0.6 is 28.3 Å². The highest BCUT2D eigenvalue weighted by molar-refractivity contribution is 9.10. The van der Waals surface area contributed by atoms with E-state index in [-0.39, 0.29) is 23.7 Å². The Kier molecular flexibility index (Phi) is 5.92. The number of pyridine rings is 1. The van der Waals surface area contributed by atoms with Crippen LogP contribution in [-0.4, -0.2) is 29.4 Å². The van der Waals surface area contributed by atoms with Crippen LogP contribution in [0.1, 0.15) is 41.0 Å². The number of hydrogen-bond donors (Lipinski definition) is 1. The van der Waals surface area contributed by atoms with Crippen molar-refractivity contribution in [1.82, 2.24) is 9.88 Å². The van der Waals surface area contributed by atoms with E-state index < -0.39 is 0 Å². The van der Waals surface area contributed by atoms with Gasteiger partial charge in [-0.15, -0.1) is 12.4 Å². The molecule has 1 aliphatic rings. The molecule has 3 rings (SSSR count). The van der Waals surface area contributed by atoms with E-state index in [0.717, 1.165) is 34.5 Å². The highest BCUT2D eigenvalue weighted by Crippen LogP contribution is 2.32. The maximum absolute atomic E-state index is 12.5. The molecule has 1 aliphatic heterocycles. The minimum atomic E-state index is -0.124. The van der Waals surface area contributed by atoms with E-state index in [1.165, 1.54) is 5.56 Å². The van der Waals surface area contributed by atoms with Crippen LogP contribution in [0.3, 0.4) is 0 Å². The average Bonchev–Trinajstić information content (AvgIpc) is 2.48. The lowest BCUT2D eigenvalue weighted by molar-refractivity contribution is 0.102. The zero-order chi connectivity index (χ0) is 17.5. The Morgan fingerprint density at radius 1 is 1.32 bits per heavy atom. The van der Waals surface area contributed by atoms with Crippen LogP contribution in [0.4, 0.5) is 5.69 Å². The minimum absolute atomic E-state index is 0. The Balaban J connectivity index is 0.00000225. The number of likely N-dealkylation sites (N-methyl/N-ethyl adjacent to an activating group) is 1. The van der Waals surface area contributed by atoms with E-state index in [4.69, 9.17) is 0 Å². The van der Waals surface area contributed by atoms with Gasteiger partial charge in [0.2, 0.25) is 0 Å². The van der Waals surface area contributed by atoms with E-state index in [1.807, 2.05) is 31.2 Å². The van der Waals surface area contributed by atoms with E-state index in [0.29, 0.717) is 5.56 Å². The van der Waals surface area contributed by atoms with Gasteiger partial charge in [-0.05, 0) is 43.3 Å². The topological polar surface area (TPSA) is 45.2 Å². The van der Waals surface area contributed by atoms with Gasteiger partial charge in [0.25, 0.3) is 5.91 Å². The highest BCUT2D eigenvalue weighted by Gasteiger charge is 2.31.